The number of hydrogen-bond donors (Lipinski definition) is 2. The number of nitrogens with one attached hydrogen (secondary N) is 1. The number of aryl methyl sites for hydroxylation is 1. The number of aromatic nitrogens is 2. The number of ether oxygens (including phenoxy) is 2. The van der Waals surface area contributed by atoms with Gasteiger partial charge >= 0.3 is 11.7 Å². The van der Waals surface area contributed by atoms with E-state index < -0.39 is 29.7 Å². The Hall–Kier alpha value is -1.58. The lowest BCUT2D eigenvalue weighted by Gasteiger charge is -2.16. The second kappa shape index (κ2) is 14.5. The van der Waals surface area contributed by atoms with Crippen molar-refractivity contribution in [3.05, 3.63) is 32.6 Å². The Morgan fingerprint density at radius 1 is 1.19 bits per heavy atom. The Bertz CT molecular complexity index is 808. The number of aromatic amines is 1. The van der Waals surface area contributed by atoms with Crippen LogP contribution in [0.5, 0.6) is 0 Å². The fraction of sp³-hybridized carbons (Fsp3) is 0.783. The van der Waals surface area contributed by atoms with Crippen LogP contribution < -0.4 is 11.2 Å². The van der Waals surface area contributed by atoms with E-state index in [2.05, 4.69) is 11.9 Å². The molecule has 8 nitrogen and oxygen atoms in total. The molecule has 3 unspecified atom stereocenters. The van der Waals surface area contributed by atoms with Crippen LogP contribution in [0.4, 0.5) is 0 Å². The summed E-state index contributed by atoms with van der Waals surface area (Å²) in [6.07, 6.45) is 9.04. The summed E-state index contributed by atoms with van der Waals surface area (Å²) in [5, 5.41) is 10.2. The number of hydrogen-bond acceptors (Lipinski definition) is 7. The average Bonchev–Trinajstić information content (AvgIpc) is 3.13. The summed E-state index contributed by atoms with van der Waals surface area (Å²) in [4.78, 5) is 37.7. The largest absolute Gasteiger partial charge is 0.463 e. The maximum Gasteiger partial charge on any atom is 0.330 e. The van der Waals surface area contributed by atoms with Crippen LogP contribution in [0.1, 0.15) is 82.9 Å². The standard InChI is InChI=1S/C23H38N2O6S/c1-3-32-13-11-9-7-5-4-6-8-10-12-21(27)30-16-19-18(26)14-20(31-19)25-15-17(2)22(28)24-23(25)29/h15,18-20,26H,3-14,16H2,1-2H3,(H,24,28,29). The highest BCUT2D eigenvalue weighted by atomic mass is 32.2. The normalized spacial score (nSPS) is 20.5. The van der Waals surface area contributed by atoms with E-state index in [-0.39, 0.29) is 19.0 Å². The molecular weight excluding hydrogens is 432 g/mol. The maximum atomic E-state index is 12.0. The van der Waals surface area contributed by atoms with Gasteiger partial charge in [-0.1, -0.05) is 45.4 Å². The van der Waals surface area contributed by atoms with E-state index in [9.17, 15) is 19.5 Å². The molecule has 2 rings (SSSR count). The van der Waals surface area contributed by atoms with Crippen LogP contribution in [0.15, 0.2) is 15.8 Å². The number of carbonyl (C=O) groups is 1. The third-order valence-electron chi connectivity index (χ3n) is 5.69. The highest BCUT2D eigenvalue weighted by Gasteiger charge is 2.36. The molecule has 1 aromatic heterocycles. The summed E-state index contributed by atoms with van der Waals surface area (Å²) in [6.45, 7) is 3.74. The number of aliphatic hydroxyl groups excluding tert-OH is 1. The Morgan fingerprint density at radius 3 is 2.53 bits per heavy atom. The summed E-state index contributed by atoms with van der Waals surface area (Å²) in [7, 11) is 0. The first-order valence-electron chi connectivity index (χ1n) is 11.8. The van der Waals surface area contributed by atoms with Crippen molar-refractivity contribution in [1.29, 1.82) is 0 Å². The molecule has 182 valence electrons. The van der Waals surface area contributed by atoms with Gasteiger partial charge in [-0.3, -0.25) is 19.1 Å². The summed E-state index contributed by atoms with van der Waals surface area (Å²) in [6, 6.07) is 0. The van der Waals surface area contributed by atoms with E-state index in [0.717, 1.165) is 19.3 Å². The van der Waals surface area contributed by atoms with Crippen LogP contribution in [0, 0.1) is 6.92 Å². The van der Waals surface area contributed by atoms with E-state index in [4.69, 9.17) is 9.47 Å². The molecule has 1 aliphatic heterocycles. The molecule has 0 bridgehead atoms. The number of rotatable bonds is 15. The molecule has 1 fully saturated rings. The number of carbonyl (C=O) groups excluding carboxylic acids is 1. The summed E-state index contributed by atoms with van der Waals surface area (Å²) in [5.41, 5.74) is -0.661. The van der Waals surface area contributed by atoms with Crippen LogP contribution in [0.2, 0.25) is 0 Å². The summed E-state index contributed by atoms with van der Waals surface area (Å²) < 4.78 is 12.2. The average molecular weight is 471 g/mol. The second-order valence-corrected chi connectivity index (χ2v) is 9.76. The first-order chi connectivity index (χ1) is 15.4. The smallest absolute Gasteiger partial charge is 0.330 e. The molecule has 9 heteroatoms. The van der Waals surface area contributed by atoms with Crippen LogP contribution in [0.3, 0.4) is 0 Å². The van der Waals surface area contributed by atoms with Gasteiger partial charge in [0.15, 0.2) is 0 Å². The lowest BCUT2D eigenvalue weighted by Crippen LogP contribution is -2.33. The van der Waals surface area contributed by atoms with Gasteiger partial charge in [-0.2, -0.15) is 11.8 Å². The molecular formula is C23H38N2O6S. The predicted molar refractivity (Wildman–Crippen MR) is 126 cm³/mol. The number of nitrogens with zero attached hydrogens (tertiary/aromatic N) is 1. The second-order valence-electron chi connectivity index (χ2n) is 8.37. The van der Waals surface area contributed by atoms with E-state index >= 15 is 0 Å². The molecule has 3 atom stereocenters. The molecule has 32 heavy (non-hydrogen) atoms. The van der Waals surface area contributed by atoms with Gasteiger partial charge in [-0.25, -0.2) is 4.79 Å². The predicted octanol–water partition coefficient (Wildman–Crippen LogP) is 3.30. The first-order valence-corrected chi connectivity index (χ1v) is 13.0. The molecule has 1 saturated heterocycles. The lowest BCUT2D eigenvalue weighted by atomic mass is 10.1. The van der Waals surface area contributed by atoms with Crippen molar-refractivity contribution < 1.29 is 19.4 Å². The maximum absolute atomic E-state index is 12.0. The SMILES string of the molecule is CCSCCCCCCCCCCC(=O)OCC1OC(n2cc(C)c(=O)[nH]c2=O)CC1O. The number of esters is 1. The van der Waals surface area contributed by atoms with E-state index in [1.165, 1.54) is 54.4 Å². The molecule has 1 aliphatic rings. The molecule has 0 saturated carbocycles. The Morgan fingerprint density at radius 2 is 1.84 bits per heavy atom. The zero-order valence-electron chi connectivity index (χ0n) is 19.3. The fourth-order valence-electron chi connectivity index (χ4n) is 3.76. The molecule has 0 spiro atoms. The summed E-state index contributed by atoms with van der Waals surface area (Å²) in [5.74, 6) is 2.18. The Balaban J connectivity index is 1.57. The number of aliphatic hydroxyl groups is 1. The Kier molecular flexibility index (Phi) is 12.1. The molecule has 2 heterocycles. The van der Waals surface area contributed by atoms with Crippen molar-refractivity contribution in [2.45, 2.75) is 96.5 Å². The van der Waals surface area contributed by atoms with Crippen LogP contribution >= 0.6 is 11.8 Å². The molecule has 2 N–H and O–H groups in total. The van der Waals surface area contributed by atoms with Gasteiger partial charge in [0.2, 0.25) is 0 Å². The van der Waals surface area contributed by atoms with Gasteiger partial charge in [0.25, 0.3) is 5.56 Å². The van der Waals surface area contributed by atoms with Gasteiger partial charge in [0, 0.05) is 24.6 Å². The minimum absolute atomic E-state index is 0.0517. The highest BCUT2D eigenvalue weighted by Crippen LogP contribution is 2.28. The molecule has 1 aromatic rings. The van der Waals surface area contributed by atoms with Crippen LogP contribution in [-0.2, 0) is 14.3 Å². The number of thioether (sulfide) groups is 1. The van der Waals surface area contributed by atoms with Crippen molar-refractivity contribution >= 4 is 17.7 Å². The first kappa shape index (κ1) is 26.7. The van der Waals surface area contributed by atoms with Gasteiger partial charge in [0.1, 0.15) is 18.9 Å². The van der Waals surface area contributed by atoms with E-state index in [1.807, 2.05) is 11.8 Å². The van der Waals surface area contributed by atoms with Crippen molar-refractivity contribution in [3.63, 3.8) is 0 Å². The third kappa shape index (κ3) is 9.11. The van der Waals surface area contributed by atoms with E-state index in [1.54, 1.807) is 6.92 Å². The third-order valence-corrected chi connectivity index (χ3v) is 6.68. The fourth-order valence-corrected chi connectivity index (χ4v) is 4.46. The Labute approximate surface area is 194 Å². The van der Waals surface area contributed by atoms with Crippen molar-refractivity contribution in [3.8, 4) is 0 Å². The molecule has 0 aliphatic carbocycles. The molecule has 0 aromatic carbocycles. The van der Waals surface area contributed by atoms with Gasteiger partial charge < -0.3 is 14.6 Å². The molecule has 0 amide bonds. The van der Waals surface area contributed by atoms with Crippen LogP contribution in [0.25, 0.3) is 0 Å². The van der Waals surface area contributed by atoms with Crippen molar-refractivity contribution in [2.24, 2.45) is 0 Å². The number of H-pyrrole nitrogens is 1. The van der Waals surface area contributed by atoms with Gasteiger partial charge in [0.05, 0.1) is 6.10 Å². The van der Waals surface area contributed by atoms with Crippen molar-refractivity contribution in [1.82, 2.24) is 9.55 Å². The quantitative estimate of drug-likeness (QED) is 0.299. The minimum Gasteiger partial charge on any atom is -0.463 e. The highest BCUT2D eigenvalue weighted by molar-refractivity contribution is 7.99. The van der Waals surface area contributed by atoms with Crippen molar-refractivity contribution in [2.75, 3.05) is 18.1 Å². The summed E-state index contributed by atoms with van der Waals surface area (Å²) >= 11 is 2.01. The van der Waals surface area contributed by atoms with Crippen LogP contribution in [-0.4, -0.2) is 50.9 Å². The molecule has 0 radical (unpaired) electrons. The zero-order chi connectivity index (χ0) is 23.3. The minimum atomic E-state index is -0.854. The topological polar surface area (TPSA) is 111 Å². The van der Waals surface area contributed by atoms with Gasteiger partial charge in [-0.05, 0) is 31.3 Å². The lowest BCUT2D eigenvalue weighted by molar-refractivity contribution is -0.150. The monoisotopic (exact) mass is 470 g/mol. The zero-order valence-corrected chi connectivity index (χ0v) is 20.2. The number of unbranched alkanes of at least 4 members (excludes halogenated alkanes) is 7. The van der Waals surface area contributed by atoms with Gasteiger partial charge in [-0.15, -0.1) is 0 Å². The van der Waals surface area contributed by atoms with E-state index in [0.29, 0.717) is 12.0 Å².